The molecular weight excluding hydrogens is 425 g/mol. The van der Waals surface area contributed by atoms with E-state index in [0.717, 1.165) is 29.7 Å². The fourth-order valence-corrected chi connectivity index (χ4v) is 4.32. The van der Waals surface area contributed by atoms with E-state index in [0.29, 0.717) is 36.1 Å². The number of nitrogens with one attached hydrogen (secondary N) is 2. The van der Waals surface area contributed by atoms with Gasteiger partial charge in [0.15, 0.2) is 0 Å². The Morgan fingerprint density at radius 1 is 1.30 bits per heavy atom. The average molecular weight is 452 g/mol. The highest BCUT2D eigenvalue weighted by Gasteiger charge is 2.35. The first-order valence-corrected chi connectivity index (χ1v) is 11.0. The molecule has 9 heteroatoms. The summed E-state index contributed by atoms with van der Waals surface area (Å²) in [6, 6.07) is 10.5. The Labute approximate surface area is 191 Å². The Morgan fingerprint density at radius 3 is 2.88 bits per heavy atom. The predicted octanol–water partition coefficient (Wildman–Crippen LogP) is 2.96. The van der Waals surface area contributed by atoms with E-state index in [4.69, 9.17) is 9.47 Å². The molecular formula is C24H26FN5O3. The number of aromatic nitrogens is 2. The molecule has 2 aliphatic heterocycles. The van der Waals surface area contributed by atoms with Crippen LogP contribution in [-0.4, -0.2) is 55.5 Å². The van der Waals surface area contributed by atoms with Crippen LogP contribution in [0.25, 0.3) is 11.0 Å². The van der Waals surface area contributed by atoms with Crippen molar-refractivity contribution in [2.24, 2.45) is 5.92 Å². The molecule has 1 aromatic carbocycles. The molecule has 172 valence electrons. The number of carbonyl (C=O) groups is 1. The number of hydrogen-bond acceptors (Lipinski definition) is 7. The van der Waals surface area contributed by atoms with Crippen molar-refractivity contribution in [1.82, 2.24) is 20.6 Å². The summed E-state index contributed by atoms with van der Waals surface area (Å²) >= 11 is 0. The molecule has 2 atom stereocenters. The van der Waals surface area contributed by atoms with E-state index in [1.807, 2.05) is 12.1 Å². The van der Waals surface area contributed by atoms with Gasteiger partial charge in [-0.2, -0.15) is 0 Å². The number of carbonyl (C=O) groups excluding carboxylic acids is 1. The van der Waals surface area contributed by atoms with Gasteiger partial charge in [-0.25, -0.2) is 14.2 Å². The van der Waals surface area contributed by atoms with Crippen molar-refractivity contribution >= 4 is 22.8 Å². The Morgan fingerprint density at radius 2 is 2.15 bits per heavy atom. The number of ether oxygens (including phenoxy) is 2. The number of hydrogen-bond donors (Lipinski definition) is 2. The van der Waals surface area contributed by atoms with Gasteiger partial charge in [0.25, 0.3) is 0 Å². The number of methoxy groups -OCH3 is 1. The number of benzene rings is 1. The summed E-state index contributed by atoms with van der Waals surface area (Å²) in [5.41, 5.74) is 3.67. The van der Waals surface area contributed by atoms with Crippen LogP contribution in [0.4, 0.5) is 14.9 Å². The maximum Gasteiger partial charge on any atom is 0.414 e. The highest BCUT2D eigenvalue weighted by Crippen LogP contribution is 2.31. The van der Waals surface area contributed by atoms with Gasteiger partial charge in [-0.3, -0.25) is 9.88 Å². The molecule has 2 aliphatic rings. The maximum absolute atomic E-state index is 14.0. The number of fused-ring (bicyclic) bond motifs is 1. The topological polar surface area (TPSA) is 88.6 Å². The molecule has 8 nitrogen and oxygen atoms in total. The first kappa shape index (κ1) is 21.5. The van der Waals surface area contributed by atoms with E-state index in [-0.39, 0.29) is 18.0 Å². The van der Waals surface area contributed by atoms with Gasteiger partial charge in [-0.1, -0.05) is 6.07 Å². The lowest BCUT2D eigenvalue weighted by atomic mass is 9.88. The third-order valence-electron chi connectivity index (χ3n) is 6.32. The van der Waals surface area contributed by atoms with Gasteiger partial charge >= 0.3 is 6.09 Å². The molecule has 5 rings (SSSR count). The van der Waals surface area contributed by atoms with E-state index in [1.54, 1.807) is 38.4 Å². The molecule has 0 spiro atoms. The number of amides is 1. The van der Waals surface area contributed by atoms with Crippen molar-refractivity contribution < 1.29 is 18.7 Å². The SMILES string of the molecule is COc1ccc2nccc(C(NCC3CN(c4ccc(C)c(F)c4)C(=O)O3)C3CNC3)c2n1. The molecule has 3 aromatic rings. The van der Waals surface area contributed by atoms with Crippen LogP contribution in [0.1, 0.15) is 17.2 Å². The second-order valence-corrected chi connectivity index (χ2v) is 8.48. The average Bonchev–Trinajstić information content (AvgIpc) is 3.16. The van der Waals surface area contributed by atoms with Gasteiger partial charge in [-0.15, -0.1) is 0 Å². The van der Waals surface area contributed by atoms with Crippen LogP contribution >= 0.6 is 0 Å². The highest BCUT2D eigenvalue weighted by molar-refractivity contribution is 5.89. The summed E-state index contributed by atoms with van der Waals surface area (Å²) in [5, 5.41) is 6.92. The lowest BCUT2D eigenvalue weighted by Gasteiger charge is -2.36. The van der Waals surface area contributed by atoms with E-state index in [9.17, 15) is 9.18 Å². The lowest BCUT2D eigenvalue weighted by molar-refractivity contribution is 0.133. The summed E-state index contributed by atoms with van der Waals surface area (Å²) in [4.78, 5) is 23.0. The fourth-order valence-electron chi connectivity index (χ4n) is 4.32. The molecule has 1 amide bonds. The van der Waals surface area contributed by atoms with Crippen LogP contribution < -0.4 is 20.3 Å². The van der Waals surface area contributed by atoms with Gasteiger partial charge in [0.2, 0.25) is 5.88 Å². The minimum absolute atomic E-state index is 0.000859. The number of nitrogens with zero attached hydrogens (tertiary/aromatic N) is 3. The van der Waals surface area contributed by atoms with Gasteiger partial charge in [0.1, 0.15) is 11.9 Å². The molecule has 2 unspecified atom stereocenters. The number of halogens is 1. The van der Waals surface area contributed by atoms with Gasteiger partial charge in [-0.05, 0) is 42.3 Å². The number of cyclic esters (lactones) is 1. The summed E-state index contributed by atoms with van der Waals surface area (Å²) in [5.74, 6) is 0.558. The minimum Gasteiger partial charge on any atom is -0.481 e. The zero-order valence-corrected chi connectivity index (χ0v) is 18.5. The Bertz CT molecular complexity index is 1190. The number of rotatable bonds is 7. The zero-order valence-electron chi connectivity index (χ0n) is 18.5. The molecule has 0 bridgehead atoms. The van der Waals surface area contributed by atoms with Gasteiger partial charge in [0.05, 0.1) is 30.4 Å². The van der Waals surface area contributed by atoms with Crippen LogP contribution in [0, 0.1) is 18.7 Å². The third kappa shape index (κ3) is 4.21. The summed E-state index contributed by atoms with van der Waals surface area (Å²) in [7, 11) is 1.59. The van der Waals surface area contributed by atoms with Crippen LogP contribution in [0.2, 0.25) is 0 Å². The number of anilines is 1. The van der Waals surface area contributed by atoms with Crippen molar-refractivity contribution in [2.45, 2.75) is 19.1 Å². The molecule has 2 fully saturated rings. The second-order valence-electron chi connectivity index (χ2n) is 8.48. The molecule has 33 heavy (non-hydrogen) atoms. The van der Waals surface area contributed by atoms with Crippen LogP contribution in [0.15, 0.2) is 42.6 Å². The van der Waals surface area contributed by atoms with E-state index < -0.39 is 6.09 Å². The first-order valence-electron chi connectivity index (χ1n) is 11.0. The van der Waals surface area contributed by atoms with Crippen LogP contribution in [0.5, 0.6) is 5.88 Å². The Balaban J connectivity index is 1.34. The predicted molar refractivity (Wildman–Crippen MR) is 122 cm³/mol. The molecule has 2 aromatic heterocycles. The first-order chi connectivity index (χ1) is 16.0. The molecule has 0 aliphatic carbocycles. The van der Waals surface area contributed by atoms with Crippen molar-refractivity contribution in [1.29, 1.82) is 0 Å². The summed E-state index contributed by atoms with van der Waals surface area (Å²) in [6.07, 6.45) is 0.969. The molecule has 4 heterocycles. The van der Waals surface area contributed by atoms with E-state index in [2.05, 4.69) is 20.6 Å². The number of aryl methyl sites for hydroxylation is 1. The smallest absolute Gasteiger partial charge is 0.414 e. The summed E-state index contributed by atoms with van der Waals surface area (Å²) < 4.78 is 24.9. The van der Waals surface area contributed by atoms with Crippen LogP contribution in [-0.2, 0) is 4.74 Å². The highest BCUT2D eigenvalue weighted by atomic mass is 19.1. The number of pyridine rings is 2. The molecule has 0 radical (unpaired) electrons. The van der Waals surface area contributed by atoms with Gasteiger partial charge < -0.3 is 20.1 Å². The van der Waals surface area contributed by atoms with Crippen molar-refractivity contribution in [3.05, 3.63) is 59.5 Å². The molecule has 2 N–H and O–H groups in total. The largest absolute Gasteiger partial charge is 0.481 e. The molecule has 2 saturated heterocycles. The quantitative estimate of drug-likeness (QED) is 0.571. The van der Waals surface area contributed by atoms with Crippen molar-refractivity contribution in [3.63, 3.8) is 0 Å². The summed E-state index contributed by atoms with van der Waals surface area (Å²) in [6.45, 7) is 4.27. The van der Waals surface area contributed by atoms with E-state index in [1.165, 1.54) is 11.0 Å². The van der Waals surface area contributed by atoms with Crippen molar-refractivity contribution in [3.8, 4) is 5.88 Å². The van der Waals surface area contributed by atoms with Gasteiger partial charge in [0, 0.05) is 43.9 Å². The van der Waals surface area contributed by atoms with E-state index >= 15 is 0 Å². The third-order valence-corrected chi connectivity index (χ3v) is 6.32. The van der Waals surface area contributed by atoms with Crippen molar-refractivity contribution in [2.75, 3.05) is 38.2 Å². The standard InChI is InChI=1S/C24H26FN5O3/c1-14-3-4-16(9-19(14)25)30-13-17(33-24(30)31)12-28-22(15-10-26-11-15)18-7-8-27-20-5-6-21(32-2)29-23(18)20/h3-9,15,17,22,26,28H,10-13H2,1-2H3. The maximum atomic E-state index is 14.0. The Kier molecular flexibility index (Phi) is 5.82. The normalized spacial score (nSPS) is 19.4. The molecule has 0 saturated carbocycles. The minimum atomic E-state index is -0.465. The van der Waals surface area contributed by atoms with Crippen LogP contribution in [0.3, 0.4) is 0 Å². The Hall–Kier alpha value is -3.30. The zero-order chi connectivity index (χ0) is 22.9. The second kappa shape index (κ2) is 8.92. The monoisotopic (exact) mass is 451 g/mol. The lowest BCUT2D eigenvalue weighted by Crippen LogP contribution is -2.50. The fraction of sp³-hybridized carbons (Fsp3) is 0.375.